The van der Waals surface area contributed by atoms with Crippen LogP contribution in [-0.4, -0.2) is 15.6 Å². The van der Waals surface area contributed by atoms with Crippen LogP contribution in [0.1, 0.15) is 43.7 Å². The molecule has 4 aliphatic rings. The fourth-order valence-corrected chi connectivity index (χ4v) is 6.21. The van der Waals surface area contributed by atoms with Crippen molar-refractivity contribution in [2.45, 2.75) is 48.6 Å². The maximum absolute atomic E-state index is 11.2. The third kappa shape index (κ3) is 1.85. The maximum atomic E-state index is 11.2. The second-order valence-electron chi connectivity index (χ2n) is 7.37. The Morgan fingerprint density at radius 2 is 1.95 bits per heavy atom. The van der Waals surface area contributed by atoms with E-state index in [1.807, 2.05) is 18.2 Å². The molecule has 0 saturated heterocycles. The van der Waals surface area contributed by atoms with Gasteiger partial charge in [-0.3, -0.25) is 0 Å². The lowest BCUT2D eigenvalue weighted by atomic mass is 9.48. The summed E-state index contributed by atoms with van der Waals surface area (Å²) < 4.78 is 0. The van der Waals surface area contributed by atoms with Crippen LogP contribution in [-0.2, 0) is 0 Å². The zero-order valence-electron chi connectivity index (χ0n) is 11.6. The van der Waals surface area contributed by atoms with Crippen LogP contribution in [0.5, 0.6) is 0 Å². The van der Waals surface area contributed by atoms with Crippen molar-refractivity contribution in [2.75, 3.05) is 0 Å². The smallest absolute Gasteiger partial charge is 0.0716 e. The predicted octanol–water partition coefficient (Wildman–Crippen LogP) is 3.24. The highest BCUT2D eigenvalue weighted by Gasteiger charge is 2.62. The number of halogens is 1. The summed E-state index contributed by atoms with van der Waals surface area (Å²) in [5, 5.41) is 11.2. The van der Waals surface area contributed by atoms with E-state index in [9.17, 15) is 5.11 Å². The van der Waals surface area contributed by atoms with Crippen LogP contribution in [0, 0.1) is 17.8 Å². The summed E-state index contributed by atoms with van der Waals surface area (Å²) >= 11 is 6.74. The summed E-state index contributed by atoms with van der Waals surface area (Å²) in [4.78, 5) is -0.159. The van der Waals surface area contributed by atoms with Crippen LogP contribution >= 0.6 is 11.6 Å². The van der Waals surface area contributed by atoms with Crippen LogP contribution in [0.3, 0.4) is 0 Å². The minimum absolute atomic E-state index is 0.0773. The molecule has 4 saturated carbocycles. The van der Waals surface area contributed by atoms with E-state index < -0.39 is 5.60 Å². The minimum Gasteiger partial charge on any atom is -0.389 e. The molecule has 6 atom stereocenters. The molecule has 3 N–H and O–H groups in total. The Morgan fingerprint density at radius 3 is 2.60 bits per heavy atom. The fourth-order valence-electron chi connectivity index (χ4n) is 5.56. The molecule has 0 aliphatic heterocycles. The van der Waals surface area contributed by atoms with Crippen LogP contribution < -0.4 is 5.73 Å². The molecule has 4 aliphatic carbocycles. The molecule has 4 fully saturated rings. The topological polar surface area (TPSA) is 46.2 Å². The van der Waals surface area contributed by atoms with Crippen molar-refractivity contribution in [3.05, 3.63) is 35.9 Å². The molecule has 5 rings (SSSR count). The van der Waals surface area contributed by atoms with Gasteiger partial charge in [0.25, 0.3) is 0 Å². The van der Waals surface area contributed by atoms with Gasteiger partial charge in [0.05, 0.1) is 5.60 Å². The van der Waals surface area contributed by atoms with Gasteiger partial charge >= 0.3 is 0 Å². The first kappa shape index (κ1) is 13.1. The first-order chi connectivity index (χ1) is 9.49. The lowest BCUT2D eigenvalue weighted by Gasteiger charge is -2.63. The van der Waals surface area contributed by atoms with E-state index in [1.54, 1.807) is 0 Å². The highest BCUT2D eigenvalue weighted by atomic mass is 35.5. The van der Waals surface area contributed by atoms with Gasteiger partial charge in [0.1, 0.15) is 0 Å². The number of nitrogens with two attached hydrogens (primary N) is 1. The highest BCUT2D eigenvalue weighted by molar-refractivity contribution is 6.24. The second-order valence-corrected chi connectivity index (χ2v) is 8.17. The largest absolute Gasteiger partial charge is 0.389 e. The van der Waals surface area contributed by atoms with Crippen molar-refractivity contribution in [1.29, 1.82) is 0 Å². The van der Waals surface area contributed by atoms with Gasteiger partial charge in [-0.2, -0.15) is 0 Å². The molecule has 20 heavy (non-hydrogen) atoms. The van der Waals surface area contributed by atoms with Gasteiger partial charge < -0.3 is 10.8 Å². The minimum atomic E-state index is -0.652. The van der Waals surface area contributed by atoms with Gasteiger partial charge in [0, 0.05) is 16.8 Å². The van der Waals surface area contributed by atoms with Gasteiger partial charge in [-0.05, 0) is 49.5 Å². The number of alkyl halides is 1. The molecular weight excluding hydrogens is 270 g/mol. The van der Waals surface area contributed by atoms with E-state index in [2.05, 4.69) is 12.1 Å². The van der Waals surface area contributed by atoms with Crippen molar-refractivity contribution >= 4 is 11.6 Å². The normalized spacial score (nSPS) is 47.5. The van der Waals surface area contributed by atoms with Gasteiger partial charge in [-0.25, -0.2) is 0 Å². The number of rotatable bonds is 2. The summed E-state index contributed by atoms with van der Waals surface area (Å²) in [6.45, 7) is 0. The Kier molecular flexibility index (Phi) is 2.77. The molecule has 2 nitrogen and oxygen atoms in total. The van der Waals surface area contributed by atoms with Crippen LogP contribution in [0.15, 0.2) is 30.3 Å². The molecule has 4 bridgehead atoms. The first-order valence-electron chi connectivity index (χ1n) is 7.71. The molecule has 108 valence electrons. The van der Waals surface area contributed by atoms with E-state index >= 15 is 0 Å². The summed E-state index contributed by atoms with van der Waals surface area (Å²) in [5.41, 5.74) is 7.03. The molecule has 0 radical (unpaired) electrons. The summed E-state index contributed by atoms with van der Waals surface area (Å²) in [7, 11) is 0. The van der Waals surface area contributed by atoms with Gasteiger partial charge in [-0.1, -0.05) is 30.3 Å². The van der Waals surface area contributed by atoms with Gasteiger partial charge in [0.15, 0.2) is 0 Å². The van der Waals surface area contributed by atoms with Crippen LogP contribution in [0.25, 0.3) is 0 Å². The quantitative estimate of drug-likeness (QED) is 0.822. The second kappa shape index (κ2) is 4.22. The lowest BCUT2D eigenvalue weighted by molar-refractivity contribution is -0.170. The van der Waals surface area contributed by atoms with E-state index in [4.69, 9.17) is 17.3 Å². The summed E-state index contributed by atoms with van der Waals surface area (Å²) in [6.07, 6.45) is 4.92. The Labute approximate surface area is 125 Å². The molecular formula is C17H22ClNO. The first-order valence-corrected chi connectivity index (χ1v) is 8.09. The van der Waals surface area contributed by atoms with Crippen molar-refractivity contribution in [2.24, 2.45) is 23.5 Å². The molecule has 1 aromatic carbocycles. The molecule has 0 heterocycles. The van der Waals surface area contributed by atoms with Crippen molar-refractivity contribution in [1.82, 2.24) is 0 Å². The zero-order chi connectivity index (χ0) is 14.0. The molecule has 0 aromatic heterocycles. The molecule has 3 heteroatoms. The van der Waals surface area contributed by atoms with Crippen molar-refractivity contribution in [3.63, 3.8) is 0 Å². The predicted molar refractivity (Wildman–Crippen MR) is 80.5 cm³/mol. The molecule has 1 aromatic rings. The number of hydrogen-bond acceptors (Lipinski definition) is 2. The monoisotopic (exact) mass is 291 g/mol. The number of benzene rings is 1. The third-order valence-corrected chi connectivity index (χ3v) is 6.33. The van der Waals surface area contributed by atoms with Gasteiger partial charge in [0.2, 0.25) is 0 Å². The fraction of sp³-hybridized carbons (Fsp3) is 0.647. The Morgan fingerprint density at radius 1 is 1.20 bits per heavy atom. The van der Waals surface area contributed by atoms with E-state index in [1.165, 1.54) is 6.42 Å². The van der Waals surface area contributed by atoms with Crippen LogP contribution in [0.4, 0.5) is 0 Å². The Bertz CT molecular complexity index is 521. The molecule has 0 amide bonds. The average Bonchev–Trinajstić information content (AvgIpc) is 2.36. The lowest BCUT2D eigenvalue weighted by Crippen LogP contribution is -2.64. The standard InChI is InChI=1S/C17H22ClNO/c18-16-7-11-6-13(9-16)14(17(20,8-11)10-16)15(19)12-4-2-1-3-5-12/h1-5,11,13-15,20H,6-10,19H2/t11?,13?,14-,15+,16+,17+/m1/s1. The third-order valence-electron chi connectivity index (χ3n) is 5.88. The SMILES string of the molecule is N[C@@H](c1ccccc1)[C@H]1C2CC3C[C@](Cl)(C2)C[C@@]1(O)C3. The zero-order valence-corrected chi connectivity index (χ0v) is 12.4. The van der Waals surface area contributed by atoms with Crippen LogP contribution in [0.2, 0.25) is 0 Å². The van der Waals surface area contributed by atoms with Crippen molar-refractivity contribution in [3.8, 4) is 0 Å². The Hall–Kier alpha value is -0.570. The van der Waals surface area contributed by atoms with E-state index in [-0.39, 0.29) is 16.8 Å². The average molecular weight is 292 g/mol. The summed E-state index contributed by atoms with van der Waals surface area (Å²) in [6, 6.07) is 10.1. The number of aliphatic hydroxyl groups is 1. The van der Waals surface area contributed by atoms with E-state index in [0.717, 1.165) is 31.2 Å². The highest BCUT2D eigenvalue weighted by Crippen LogP contribution is 2.64. The molecule has 2 unspecified atom stereocenters. The van der Waals surface area contributed by atoms with Crippen molar-refractivity contribution < 1.29 is 5.11 Å². The molecule has 0 spiro atoms. The Balaban J connectivity index is 1.69. The van der Waals surface area contributed by atoms with Gasteiger partial charge in [-0.15, -0.1) is 11.6 Å². The number of hydrogen-bond donors (Lipinski definition) is 2. The van der Waals surface area contributed by atoms with E-state index in [0.29, 0.717) is 11.8 Å². The summed E-state index contributed by atoms with van der Waals surface area (Å²) in [5.74, 6) is 1.24. The maximum Gasteiger partial charge on any atom is 0.0716 e.